The fraction of sp³-hybridized carbons (Fsp3) is 0.566. The Hall–Kier alpha value is -4.48. The molecule has 0 spiro atoms. The number of ether oxygens (including phenoxy) is 6. The molecular weight excluding hydrogens is 1130 g/mol. The maximum absolute atomic E-state index is 14.1. The highest BCUT2D eigenvalue weighted by Gasteiger charge is 2.33. The van der Waals surface area contributed by atoms with E-state index >= 15 is 0 Å². The molecule has 12 nitrogen and oxygen atoms in total. The Balaban J connectivity index is 0. The second kappa shape index (κ2) is 45.1. The summed E-state index contributed by atoms with van der Waals surface area (Å²) in [5, 5.41) is 4.72. The predicted octanol–water partition coefficient (Wildman–Crippen LogP) is 10.7. The smallest absolute Gasteiger partial charge is 0.313 e. The van der Waals surface area contributed by atoms with E-state index in [0.29, 0.717) is 104 Å². The van der Waals surface area contributed by atoms with Crippen molar-refractivity contribution in [1.82, 2.24) is 10.6 Å². The highest BCUT2D eigenvalue weighted by Crippen LogP contribution is 2.28. The first-order chi connectivity index (χ1) is 38.1. The molecule has 0 bridgehead atoms. The van der Waals surface area contributed by atoms with Gasteiger partial charge >= 0.3 is 5.97 Å². The Morgan fingerprint density at radius 2 is 1.15 bits per heavy atom. The number of esters is 1. The average molecular weight is 1210 g/mol. The van der Waals surface area contributed by atoms with Crippen LogP contribution in [-0.4, -0.2) is 103 Å². The van der Waals surface area contributed by atoms with Crippen LogP contribution in [0, 0.1) is 69.8 Å². The number of nitrogens with two attached hydrogens (primary N) is 1. The second-order valence-electron chi connectivity index (χ2n) is 16.6. The third kappa shape index (κ3) is 29.0. The van der Waals surface area contributed by atoms with Crippen molar-refractivity contribution in [3.63, 3.8) is 0 Å². The molecule has 4 N–H and O–H groups in total. The van der Waals surface area contributed by atoms with Crippen molar-refractivity contribution in [2.75, 3.05) is 79.7 Å². The lowest BCUT2D eigenvalue weighted by molar-refractivity contribution is -0.136. The summed E-state index contributed by atoms with van der Waals surface area (Å²) in [4.78, 5) is 36.9. The summed E-state index contributed by atoms with van der Waals surface area (Å²) in [6.07, 6.45) is 6.74. The van der Waals surface area contributed by atoms with E-state index in [2.05, 4.69) is 21.9 Å². The number of benzene rings is 3. The van der Waals surface area contributed by atoms with Crippen molar-refractivity contribution in [3.8, 4) is 11.5 Å². The first-order valence-electron chi connectivity index (χ1n) is 25.5. The lowest BCUT2D eigenvalue weighted by atomic mass is 9.92. The SMILES string of the molecule is C=COc1c(F)c(F)c(F)c(P)c1F.CC.CCCOCC(CCCCC(C)=O)(COCCC(=O)Oc1c(F)c(F)c(F)c(F)c1P)NC(=O)CCNCCOCCCCCOCCN.CCCc1cc(F)c(F)c(F)c1F.CF. The van der Waals surface area contributed by atoms with Gasteiger partial charge in [-0.1, -0.05) is 65.6 Å². The van der Waals surface area contributed by atoms with Gasteiger partial charge in [-0.15, -0.1) is 0 Å². The molecule has 0 saturated heterocycles. The van der Waals surface area contributed by atoms with Gasteiger partial charge < -0.3 is 49.6 Å². The summed E-state index contributed by atoms with van der Waals surface area (Å²) >= 11 is 0. The number of alkyl halides is 1. The molecule has 3 aromatic rings. The molecule has 0 aliphatic carbocycles. The van der Waals surface area contributed by atoms with Crippen molar-refractivity contribution >= 4 is 46.7 Å². The van der Waals surface area contributed by atoms with E-state index in [1.54, 1.807) is 25.4 Å². The third-order valence-electron chi connectivity index (χ3n) is 10.3. The molecule has 0 aromatic heterocycles. The number of ketones is 1. The van der Waals surface area contributed by atoms with Crippen molar-refractivity contribution < 1.29 is 99.9 Å². The molecule has 458 valence electrons. The zero-order valence-electron chi connectivity index (χ0n) is 45.9. The molecule has 80 heavy (non-hydrogen) atoms. The normalized spacial score (nSPS) is 11.3. The minimum Gasteiger partial charge on any atom is -0.459 e. The Kier molecular flexibility index (Phi) is 43.7. The highest BCUT2D eigenvalue weighted by molar-refractivity contribution is 7.27. The van der Waals surface area contributed by atoms with Gasteiger partial charge in [-0.2, -0.15) is 8.78 Å². The quantitative estimate of drug-likeness (QED) is 0.00764. The summed E-state index contributed by atoms with van der Waals surface area (Å²) in [6, 6.07) is 0.692. The molecule has 0 fully saturated rings. The minimum absolute atomic E-state index is 0.0422. The maximum Gasteiger partial charge on any atom is 0.313 e. The van der Waals surface area contributed by atoms with E-state index in [1.807, 2.05) is 20.8 Å². The van der Waals surface area contributed by atoms with Gasteiger partial charge in [-0.05, 0) is 63.5 Å². The van der Waals surface area contributed by atoms with Gasteiger partial charge in [-0.3, -0.25) is 14.0 Å². The van der Waals surface area contributed by atoms with Crippen LogP contribution in [0.1, 0.15) is 111 Å². The minimum atomic E-state index is -2.10. The largest absolute Gasteiger partial charge is 0.459 e. The summed E-state index contributed by atoms with van der Waals surface area (Å²) in [5.41, 5.74) is 4.26. The van der Waals surface area contributed by atoms with Gasteiger partial charge in [0.1, 0.15) is 5.78 Å². The third-order valence-corrected chi connectivity index (χ3v) is 11.3. The number of carbonyl (C=O) groups excluding carboxylic acids is 3. The molecule has 3 rings (SSSR count). The molecule has 3 unspecified atom stereocenters. The van der Waals surface area contributed by atoms with Crippen molar-refractivity contribution in [1.29, 1.82) is 0 Å². The van der Waals surface area contributed by atoms with Gasteiger partial charge in [-0.25, -0.2) is 43.9 Å². The van der Waals surface area contributed by atoms with Crippen LogP contribution >= 0.6 is 18.5 Å². The van der Waals surface area contributed by atoms with E-state index in [0.717, 1.165) is 25.7 Å². The first-order valence-corrected chi connectivity index (χ1v) is 26.6. The lowest BCUT2D eigenvalue weighted by Crippen LogP contribution is -2.55. The van der Waals surface area contributed by atoms with Crippen LogP contribution in [0.2, 0.25) is 0 Å². The molecule has 3 aromatic carbocycles. The van der Waals surface area contributed by atoms with Crippen LogP contribution in [0.5, 0.6) is 11.5 Å². The number of aryl methyl sites for hydroxylation is 1. The predicted molar refractivity (Wildman–Crippen MR) is 285 cm³/mol. The van der Waals surface area contributed by atoms with Crippen LogP contribution < -0.4 is 36.5 Å². The molecule has 27 heteroatoms. The summed E-state index contributed by atoms with van der Waals surface area (Å²) in [5.74, 6) is -23.6. The number of amides is 1. The fourth-order valence-electron chi connectivity index (χ4n) is 6.48. The monoisotopic (exact) mass is 1210 g/mol. The number of rotatable bonds is 34. The number of hydrogen-bond donors (Lipinski definition) is 3. The van der Waals surface area contributed by atoms with Gasteiger partial charge in [0.25, 0.3) is 0 Å². The highest BCUT2D eigenvalue weighted by atomic mass is 31.0. The Bertz CT molecular complexity index is 2260. The van der Waals surface area contributed by atoms with Crippen molar-refractivity contribution in [2.24, 2.45) is 5.73 Å². The van der Waals surface area contributed by atoms with Crippen LogP contribution in [0.3, 0.4) is 0 Å². The van der Waals surface area contributed by atoms with E-state index in [1.165, 1.54) is 6.92 Å². The van der Waals surface area contributed by atoms with E-state index in [4.69, 9.17) is 29.4 Å². The van der Waals surface area contributed by atoms with E-state index < -0.39 is 110 Å². The maximum atomic E-state index is 14.1. The second-order valence-corrected chi connectivity index (χ2v) is 17.8. The Morgan fingerprint density at radius 3 is 1.73 bits per heavy atom. The van der Waals surface area contributed by atoms with Crippen LogP contribution in [0.25, 0.3) is 0 Å². The molecular formula is C53H76F13N3O9P2. The molecule has 0 saturated carbocycles. The van der Waals surface area contributed by atoms with E-state index in [9.17, 15) is 71.5 Å². The molecule has 0 aliphatic rings. The van der Waals surface area contributed by atoms with Crippen LogP contribution in [-0.2, 0) is 39.8 Å². The van der Waals surface area contributed by atoms with Gasteiger partial charge in [0.15, 0.2) is 58.1 Å². The summed E-state index contributed by atoms with van der Waals surface area (Å²) < 4.78 is 198. The average Bonchev–Trinajstić information content (AvgIpc) is 3.44. The van der Waals surface area contributed by atoms with Crippen LogP contribution in [0.4, 0.5) is 57.1 Å². The van der Waals surface area contributed by atoms with Crippen molar-refractivity contribution in [3.05, 3.63) is 94.3 Å². The number of Topliss-reactive ketones (excluding diaryl/α,β-unsaturated/α-hetero) is 1. The molecule has 0 heterocycles. The molecule has 3 atom stereocenters. The van der Waals surface area contributed by atoms with Crippen LogP contribution in [0.15, 0.2) is 18.9 Å². The van der Waals surface area contributed by atoms with Gasteiger partial charge in [0.05, 0.1) is 63.7 Å². The zero-order chi connectivity index (χ0) is 61.4. The number of nitrogens with one attached hydrogen (secondary N) is 2. The topological polar surface area (TPSA) is 157 Å². The number of unbranched alkanes of at least 4 members (excludes halogenated alkanes) is 3. The molecule has 0 radical (unpaired) electrons. The Morgan fingerprint density at radius 1 is 0.600 bits per heavy atom. The number of carbonyl (C=O) groups is 3. The first kappa shape index (κ1) is 77.6. The lowest BCUT2D eigenvalue weighted by Gasteiger charge is -2.35. The van der Waals surface area contributed by atoms with Gasteiger partial charge in [0.2, 0.25) is 29.1 Å². The van der Waals surface area contributed by atoms with E-state index in [-0.39, 0.29) is 49.9 Å². The summed E-state index contributed by atoms with van der Waals surface area (Å²) in [6.45, 7) is 16.3. The van der Waals surface area contributed by atoms with Gasteiger partial charge in [0, 0.05) is 57.6 Å². The number of hydrogen-bond acceptors (Lipinski definition) is 11. The van der Waals surface area contributed by atoms with Crippen molar-refractivity contribution in [2.45, 2.75) is 117 Å². The molecule has 0 aliphatic heterocycles. The Labute approximate surface area is 464 Å². The standard InChI is InChI=1S/C33H54F4N3O8P.C9H8F4.C8H5F4OP.C2H6.CH3F/c1-3-16-46-22-33(12-6-5-9-24(2)41,40-25(42)10-14-39-15-21-45-18-8-4-7-17-44-20-13-38)23-47-19-11-26(43)48-31-29(36)27(34)28(35)30(37)32(31)49;1-2-3-5-4-6(10)8(12)9(13)7(5)11;1-2-13-7-4(10)3(9)5(11)8(14)6(7)12;2*1-2/h39H,3-23,38,49H2,1-2H3,(H,40,42);4H,2-3H2,1H3;2H,1,14H2;1-2H3;1H3. The number of halogens is 13. The fourth-order valence-corrected chi connectivity index (χ4v) is 7.05. The zero-order valence-corrected chi connectivity index (χ0v) is 48.3. The summed E-state index contributed by atoms with van der Waals surface area (Å²) in [7, 11) is 3.79. The molecule has 1 amide bonds.